The van der Waals surface area contributed by atoms with Crippen molar-refractivity contribution >= 4 is 11.8 Å². The number of carbonyl (C=O) groups is 1. The molecule has 2 rings (SSSR count). The second-order valence-corrected chi connectivity index (χ2v) is 4.85. The van der Waals surface area contributed by atoms with E-state index < -0.39 is 17.4 Å². The fourth-order valence-corrected chi connectivity index (χ4v) is 1.62. The average molecular weight is 254 g/mol. The number of nitrogens with zero attached hydrogens (tertiary/aromatic N) is 1. The molecule has 6 heteroatoms. The molecule has 0 spiro atoms. The molecular formula is C12H15FN2O3. The van der Waals surface area contributed by atoms with E-state index in [1.54, 1.807) is 13.8 Å². The Hall–Kier alpha value is -1.82. The zero-order valence-corrected chi connectivity index (χ0v) is 10.4. The van der Waals surface area contributed by atoms with Crippen LogP contribution in [0.4, 0.5) is 14.9 Å². The van der Waals surface area contributed by atoms with Crippen molar-refractivity contribution < 1.29 is 19.0 Å². The zero-order chi connectivity index (χ0) is 13.6. The average Bonchev–Trinajstić information content (AvgIpc) is 2.40. The van der Waals surface area contributed by atoms with Crippen LogP contribution in [0.1, 0.15) is 20.8 Å². The molecule has 0 radical (unpaired) electrons. The smallest absolute Gasteiger partial charge is 0.432 e. The Kier molecular flexibility index (Phi) is 2.70. The molecule has 1 aliphatic rings. The lowest BCUT2D eigenvalue weighted by molar-refractivity contribution is -0.121. The van der Waals surface area contributed by atoms with E-state index in [9.17, 15) is 14.3 Å². The minimum absolute atomic E-state index is 0.378. The number of ether oxygens (including phenoxy) is 1. The summed E-state index contributed by atoms with van der Waals surface area (Å²) in [4.78, 5) is 11.7. The lowest BCUT2D eigenvalue weighted by Crippen LogP contribution is -2.55. The van der Waals surface area contributed by atoms with Crippen LogP contribution in [0, 0.1) is 5.82 Å². The Labute approximate surface area is 104 Å². The normalized spacial score (nSPS) is 26.1. The van der Waals surface area contributed by atoms with Crippen LogP contribution in [0.15, 0.2) is 24.3 Å². The minimum Gasteiger partial charge on any atom is -0.437 e. The van der Waals surface area contributed by atoms with E-state index in [0.717, 1.165) is 5.01 Å². The maximum atomic E-state index is 12.8. The molecule has 5 nitrogen and oxygen atoms in total. The summed E-state index contributed by atoms with van der Waals surface area (Å²) in [6.45, 7) is 4.68. The third-order valence-corrected chi connectivity index (χ3v) is 3.19. The molecule has 0 bridgehead atoms. The molecule has 2 N–H and O–H groups in total. The number of aliphatic hydroxyl groups is 1. The van der Waals surface area contributed by atoms with Crippen molar-refractivity contribution in [2.24, 2.45) is 0 Å². The molecule has 98 valence electrons. The van der Waals surface area contributed by atoms with Crippen molar-refractivity contribution in [3.8, 4) is 0 Å². The first-order valence-electron chi connectivity index (χ1n) is 5.52. The summed E-state index contributed by atoms with van der Waals surface area (Å²) in [5.74, 6) is -0.378. The third kappa shape index (κ3) is 1.88. The van der Waals surface area contributed by atoms with Gasteiger partial charge in [-0.1, -0.05) is 0 Å². The highest BCUT2D eigenvalue weighted by molar-refractivity contribution is 5.74. The molecule has 1 aromatic rings. The molecule has 1 amide bonds. The number of halogens is 1. The number of hydrazine groups is 1. The van der Waals surface area contributed by atoms with Crippen LogP contribution in [0.2, 0.25) is 0 Å². The minimum atomic E-state index is -1.52. The number of amides is 1. The molecule has 1 fully saturated rings. The molecule has 1 atom stereocenters. The molecule has 1 heterocycles. The maximum Gasteiger partial charge on any atom is 0.432 e. The van der Waals surface area contributed by atoms with E-state index in [1.165, 1.54) is 31.2 Å². The van der Waals surface area contributed by atoms with Gasteiger partial charge in [-0.25, -0.2) is 9.18 Å². The third-order valence-electron chi connectivity index (χ3n) is 3.19. The van der Waals surface area contributed by atoms with E-state index in [2.05, 4.69) is 5.43 Å². The topological polar surface area (TPSA) is 61.8 Å². The lowest BCUT2D eigenvalue weighted by Gasteiger charge is -2.34. The van der Waals surface area contributed by atoms with Gasteiger partial charge in [-0.3, -0.25) is 5.43 Å². The Morgan fingerprint density at radius 1 is 1.28 bits per heavy atom. The molecular weight excluding hydrogens is 239 g/mol. The van der Waals surface area contributed by atoms with Gasteiger partial charge in [-0.05, 0) is 45.0 Å². The second kappa shape index (κ2) is 3.84. The second-order valence-electron chi connectivity index (χ2n) is 4.85. The Morgan fingerprint density at radius 2 is 1.83 bits per heavy atom. The van der Waals surface area contributed by atoms with E-state index in [0.29, 0.717) is 5.69 Å². The molecule has 18 heavy (non-hydrogen) atoms. The Balaban J connectivity index is 2.24. The molecule has 0 saturated carbocycles. The number of rotatable bonds is 2. The van der Waals surface area contributed by atoms with Gasteiger partial charge in [0.1, 0.15) is 5.82 Å². The number of hydrogen-bond donors (Lipinski definition) is 2. The fourth-order valence-electron chi connectivity index (χ4n) is 1.62. The lowest BCUT2D eigenvalue weighted by atomic mass is 9.97. The van der Waals surface area contributed by atoms with Gasteiger partial charge in [0.15, 0.2) is 11.3 Å². The van der Waals surface area contributed by atoms with Gasteiger partial charge in [0.25, 0.3) is 0 Å². The van der Waals surface area contributed by atoms with Crippen molar-refractivity contribution in [1.29, 1.82) is 0 Å². The molecule has 0 aromatic heterocycles. The predicted octanol–water partition coefficient (Wildman–Crippen LogP) is 2.09. The first-order chi connectivity index (χ1) is 8.24. The van der Waals surface area contributed by atoms with Crippen molar-refractivity contribution in [3.63, 3.8) is 0 Å². The van der Waals surface area contributed by atoms with Gasteiger partial charge in [-0.15, -0.1) is 0 Å². The monoisotopic (exact) mass is 254 g/mol. The van der Waals surface area contributed by atoms with Crippen LogP contribution in [0.3, 0.4) is 0 Å². The number of benzene rings is 1. The van der Waals surface area contributed by atoms with Gasteiger partial charge in [0, 0.05) is 0 Å². The van der Waals surface area contributed by atoms with E-state index in [1.807, 2.05) is 0 Å². The summed E-state index contributed by atoms with van der Waals surface area (Å²) < 4.78 is 17.8. The zero-order valence-electron chi connectivity index (χ0n) is 10.4. The van der Waals surface area contributed by atoms with E-state index >= 15 is 0 Å². The highest BCUT2D eigenvalue weighted by atomic mass is 19.1. The number of cyclic esters (lactones) is 1. The summed E-state index contributed by atoms with van der Waals surface area (Å²) in [6.07, 6.45) is -0.686. The molecule has 1 aliphatic heterocycles. The largest absolute Gasteiger partial charge is 0.437 e. The molecule has 1 unspecified atom stereocenters. The maximum absolute atomic E-state index is 12.8. The Bertz CT molecular complexity index is 471. The van der Waals surface area contributed by atoms with Gasteiger partial charge in [0.05, 0.1) is 5.69 Å². The highest BCUT2D eigenvalue weighted by Crippen LogP contribution is 2.36. The quantitative estimate of drug-likeness (QED) is 0.848. The van der Waals surface area contributed by atoms with Gasteiger partial charge in [-0.2, -0.15) is 5.01 Å². The summed E-state index contributed by atoms with van der Waals surface area (Å²) in [5, 5.41) is 11.3. The van der Waals surface area contributed by atoms with E-state index in [-0.39, 0.29) is 5.82 Å². The van der Waals surface area contributed by atoms with Crippen LogP contribution in [0.25, 0.3) is 0 Å². The van der Waals surface area contributed by atoms with Gasteiger partial charge in [0.2, 0.25) is 0 Å². The van der Waals surface area contributed by atoms with Crippen LogP contribution >= 0.6 is 0 Å². The van der Waals surface area contributed by atoms with Crippen LogP contribution in [0.5, 0.6) is 0 Å². The SMILES string of the molecule is CC1(C)OC(=O)N(Nc2ccc(F)cc2)C1(C)O. The number of nitrogens with one attached hydrogen (secondary N) is 1. The summed E-state index contributed by atoms with van der Waals surface area (Å²) in [7, 11) is 0. The summed E-state index contributed by atoms with van der Waals surface area (Å²) in [6, 6.07) is 5.43. The molecule has 1 aromatic carbocycles. The highest BCUT2D eigenvalue weighted by Gasteiger charge is 2.57. The predicted molar refractivity (Wildman–Crippen MR) is 63.0 cm³/mol. The van der Waals surface area contributed by atoms with Crippen molar-refractivity contribution in [2.45, 2.75) is 32.1 Å². The van der Waals surface area contributed by atoms with Gasteiger partial charge >= 0.3 is 6.09 Å². The summed E-state index contributed by atoms with van der Waals surface area (Å²) in [5.41, 5.74) is 0.624. The van der Waals surface area contributed by atoms with Crippen LogP contribution in [-0.2, 0) is 4.74 Å². The van der Waals surface area contributed by atoms with Crippen molar-refractivity contribution in [3.05, 3.63) is 30.1 Å². The van der Waals surface area contributed by atoms with Crippen molar-refractivity contribution in [2.75, 3.05) is 5.43 Å². The fraction of sp³-hybridized carbons (Fsp3) is 0.417. The number of carbonyl (C=O) groups excluding carboxylic acids is 1. The van der Waals surface area contributed by atoms with Gasteiger partial charge < -0.3 is 9.84 Å². The van der Waals surface area contributed by atoms with Crippen molar-refractivity contribution in [1.82, 2.24) is 5.01 Å². The number of anilines is 1. The standard InChI is InChI=1S/C12H15FN2O3/c1-11(2)12(3,17)15(10(16)18-11)14-9-6-4-8(13)5-7-9/h4-7,14,17H,1-3H3. The molecule has 1 saturated heterocycles. The number of hydrogen-bond acceptors (Lipinski definition) is 4. The first-order valence-corrected chi connectivity index (χ1v) is 5.52. The van der Waals surface area contributed by atoms with Crippen LogP contribution in [-0.4, -0.2) is 27.5 Å². The first kappa shape index (κ1) is 12.6. The van der Waals surface area contributed by atoms with Crippen LogP contribution < -0.4 is 5.43 Å². The summed E-state index contributed by atoms with van der Waals surface area (Å²) >= 11 is 0. The van der Waals surface area contributed by atoms with E-state index in [4.69, 9.17) is 4.74 Å². The molecule has 0 aliphatic carbocycles. The Morgan fingerprint density at radius 3 is 2.28 bits per heavy atom.